The molecule has 0 unspecified atom stereocenters. The number of hydrogen-bond acceptors (Lipinski definition) is 4. The molecule has 1 saturated carbocycles. The molecular formula is C15H14Cl2N2O2. The van der Waals surface area contributed by atoms with Gasteiger partial charge < -0.3 is 9.47 Å². The van der Waals surface area contributed by atoms with Crippen molar-refractivity contribution in [2.75, 3.05) is 14.2 Å². The van der Waals surface area contributed by atoms with Gasteiger partial charge in [0.15, 0.2) is 17.3 Å². The van der Waals surface area contributed by atoms with E-state index in [4.69, 9.17) is 32.7 Å². The average molecular weight is 325 g/mol. The summed E-state index contributed by atoms with van der Waals surface area (Å²) >= 11 is 12.3. The Labute approximate surface area is 133 Å². The Balaban J connectivity index is 2.09. The van der Waals surface area contributed by atoms with Gasteiger partial charge in [-0.05, 0) is 31.0 Å². The zero-order valence-corrected chi connectivity index (χ0v) is 13.2. The molecule has 4 nitrogen and oxygen atoms in total. The van der Waals surface area contributed by atoms with Crippen LogP contribution in [-0.2, 0) is 0 Å². The smallest absolute Gasteiger partial charge is 0.179 e. The largest absolute Gasteiger partial charge is 0.493 e. The number of aromatic nitrogens is 2. The monoisotopic (exact) mass is 324 g/mol. The van der Waals surface area contributed by atoms with Crippen LogP contribution in [0.2, 0.25) is 10.2 Å². The average Bonchev–Trinajstić information content (AvgIpc) is 3.30. The van der Waals surface area contributed by atoms with Crippen LogP contribution in [0.1, 0.15) is 24.5 Å². The summed E-state index contributed by atoms with van der Waals surface area (Å²) in [4.78, 5) is 8.87. The van der Waals surface area contributed by atoms with Crippen LogP contribution in [0.4, 0.5) is 0 Å². The molecule has 0 amide bonds. The molecule has 110 valence electrons. The van der Waals surface area contributed by atoms with Gasteiger partial charge in [-0.2, -0.15) is 0 Å². The maximum atomic E-state index is 6.22. The van der Waals surface area contributed by atoms with Gasteiger partial charge in [-0.15, -0.1) is 0 Å². The molecule has 0 spiro atoms. The molecule has 0 radical (unpaired) electrons. The molecule has 3 rings (SSSR count). The fourth-order valence-electron chi connectivity index (χ4n) is 2.20. The lowest BCUT2D eigenvalue weighted by molar-refractivity contribution is 0.355. The van der Waals surface area contributed by atoms with E-state index >= 15 is 0 Å². The second-order valence-electron chi connectivity index (χ2n) is 4.91. The van der Waals surface area contributed by atoms with Crippen molar-refractivity contribution in [2.24, 2.45) is 0 Å². The number of benzene rings is 1. The van der Waals surface area contributed by atoms with E-state index in [-0.39, 0.29) is 0 Å². The van der Waals surface area contributed by atoms with E-state index in [0.29, 0.717) is 33.4 Å². The number of rotatable bonds is 4. The fourth-order valence-corrected chi connectivity index (χ4v) is 2.68. The van der Waals surface area contributed by atoms with Gasteiger partial charge in [0.2, 0.25) is 0 Å². The van der Waals surface area contributed by atoms with Crippen molar-refractivity contribution in [3.05, 3.63) is 34.1 Å². The Hall–Kier alpha value is -1.52. The fraction of sp³-hybridized carbons (Fsp3) is 0.333. The van der Waals surface area contributed by atoms with Crippen molar-refractivity contribution in [2.45, 2.75) is 18.8 Å². The van der Waals surface area contributed by atoms with Crippen LogP contribution < -0.4 is 9.47 Å². The number of methoxy groups -OCH3 is 2. The Morgan fingerprint density at radius 2 is 1.81 bits per heavy atom. The SMILES string of the molecule is COc1cc(-c2nc(Cl)cc(C3CC3)n2)cc(Cl)c1OC. The number of halogens is 2. The number of hydrogen-bond donors (Lipinski definition) is 0. The predicted octanol–water partition coefficient (Wildman–Crippen LogP) is 4.35. The van der Waals surface area contributed by atoms with E-state index in [1.807, 2.05) is 6.07 Å². The molecule has 1 aromatic heterocycles. The van der Waals surface area contributed by atoms with Crippen LogP contribution >= 0.6 is 23.2 Å². The third kappa shape index (κ3) is 2.92. The third-order valence-corrected chi connectivity index (χ3v) is 3.88. The molecule has 6 heteroatoms. The molecule has 1 aromatic carbocycles. The molecule has 0 N–H and O–H groups in total. The van der Waals surface area contributed by atoms with Crippen LogP contribution in [0.5, 0.6) is 11.5 Å². The van der Waals surface area contributed by atoms with E-state index in [1.54, 1.807) is 26.4 Å². The summed E-state index contributed by atoms with van der Waals surface area (Å²) in [6.45, 7) is 0. The molecule has 1 aliphatic rings. The van der Waals surface area contributed by atoms with Crippen LogP contribution in [0, 0.1) is 0 Å². The highest BCUT2D eigenvalue weighted by molar-refractivity contribution is 6.32. The minimum Gasteiger partial charge on any atom is -0.493 e. The predicted molar refractivity (Wildman–Crippen MR) is 82.6 cm³/mol. The summed E-state index contributed by atoms with van der Waals surface area (Å²) in [5.74, 6) is 2.08. The molecule has 1 aliphatic carbocycles. The van der Waals surface area contributed by atoms with Gasteiger partial charge in [0.1, 0.15) is 5.15 Å². The molecular weight excluding hydrogens is 311 g/mol. The van der Waals surface area contributed by atoms with Crippen LogP contribution in [0.25, 0.3) is 11.4 Å². The summed E-state index contributed by atoms with van der Waals surface area (Å²) < 4.78 is 10.5. The topological polar surface area (TPSA) is 44.2 Å². The molecule has 0 aliphatic heterocycles. The summed E-state index contributed by atoms with van der Waals surface area (Å²) in [6, 6.07) is 5.38. The summed E-state index contributed by atoms with van der Waals surface area (Å²) in [5, 5.41) is 0.885. The molecule has 1 heterocycles. The quantitative estimate of drug-likeness (QED) is 0.784. The first kappa shape index (κ1) is 14.4. The number of ether oxygens (including phenoxy) is 2. The lowest BCUT2D eigenvalue weighted by Crippen LogP contribution is -1.97. The van der Waals surface area contributed by atoms with E-state index in [2.05, 4.69) is 9.97 Å². The molecule has 0 saturated heterocycles. The van der Waals surface area contributed by atoms with E-state index in [9.17, 15) is 0 Å². The Morgan fingerprint density at radius 3 is 2.43 bits per heavy atom. The van der Waals surface area contributed by atoms with Crippen molar-refractivity contribution in [3.63, 3.8) is 0 Å². The molecule has 0 atom stereocenters. The second kappa shape index (κ2) is 5.70. The summed E-state index contributed by atoms with van der Waals surface area (Å²) in [5.41, 5.74) is 1.73. The van der Waals surface area contributed by atoms with Crippen molar-refractivity contribution >= 4 is 23.2 Å². The van der Waals surface area contributed by atoms with Crippen LogP contribution in [-0.4, -0.2) is 24.2 Å². The second-order valence-corrected chi connectivity index (χ2v) is 5.70. The first-order valence-electron chi connectivity index (χ1n) is 6.58. The van der Waals surface area contributed by atoms with Gasteiger partial charge in [0, 0.05) is 17.2 Å². The third-order valence-electron chi connectivity index (χ3n) is 3.40. The lowest BCUT2D eigenvalue weighted by Gasteiger charge is -2.12. The van der Waals surface area contributed by atoms with Crippen LogP contribution in [0.3, 0.4) is 0 Å². The van der Waals surface area contributed by atoms with Gasteiger partial charge in [-0.1, -0.05) is 23.2 Å². The molecule has 1 fully saturated rings. The van der Waals surface area contributed by atoms with Crippen molar-refractivity contribution in [1.29, 1.82) is 0 Å². The molecule has 21 heavy (non-hydrogen) atoms. The van der Waals surface area contributed by atoms with Gasteiger partial charge in [0.05, 0.1) is 19.2 Å². The van der Waals surface area contributed by atoms with E-state index in [0.717, 1.165) is 24.1 Å². The maximum Gasteiger partial charge on any atom is 0.179 e. The molecule has 2 aromatic rings. The van der Waals surface area contributed by atoms with E-state index in [1.165, 1.54) is 0 Å². The zero-order valence-electron chi connectivity index (χ0n) is 11.7. The Bertz CT molecular complexity index is 688. The van der Waals surface area contributed by atoms with E-state index < -0.39 is 0 Å². The Morgan fingerprint density at radius 1 is 1.05 bits per heavy atom. The van der Waals surface area contributed by atoms with Crippen molar-refractivity contribution in [1.82, 2.24) is 9.97 Å². The van der Waals surface area contributed by atoms with Crippen molar-refractivity contribution in [3.8, 4) is 22.9 Å². The maximum absolute atomic E-state index is 6.22. The van der Waals surface area contributed by atoms with Gasteiger partial charge >= 0.3 is 0 Å². The standard InChI is InChI=1S/C15H14Cl2N2O2/c1-20-12-6-9(5-10(16)14(12)21-2)15-18-11(8-3-4-8)7-13(17)19-15/h5-8H,3-4H2,1-2H3. The summed E-state index contributed by atoms with van der Waals surface area (Å²) in [6.07, 6.45) is 2.30. The summed E-state index contributed by atoms with van der Waals surface area (Å²) in [7, 11) is 3.11. The highest BCUT2D eigenvalue weighted by Crippen LogP contribution is 2.41. The van der Waals surface area contributed by atoms with Gasteiger partial charge in [0.25, 0.3) is 0 Å². The first-order valence-corrected chi connectivity index (χ1v) is 7.34. The van der Waals surface area contributed by atoms with Gasteiger partial charge in [-0.25, -0.2) is 9.97 Å². The minimum absolute atomic E-state index is 0.438. The minimum atomic E-state index is 0.438. The van der Waals surface area contributed by atoms with Crippen LogP contribution in [0.15, 0.2) is 18.2 Å². The lowest BCUT2D eigenvalue weighted by atomic mass is 10.1. The number of nitrogens with zero attached hydrogens (tertiary/aromatic N) is 2. The highest BCUT2D eigenvalue weighted by Gasteiger charge is 2.26. The van der Waals surface area contributed by atoms with Crippen molar-refractivity contribution < 1.29 is 9.47 Å². The Kier molecular flexibility index (Phi) is 3.91. The highest BCUT2D eigenvalue weighted by atomic mass is 35.5. The molecule has 0 bridgehead atoms. The zero-order chi connectivity index (χ0) is 15.0. The first-order chi connectivity index (χ1) is 10.1. The normalized spacial score (nSPS) is 14.1. The van der Waals surface area contributed by atoms with Gasteiger partial charge in [-0.3, -0.25) is 0 Å².